The molecule has 0 aliphatic carbocycles. The first-order valence-corrected chi connectivity index (χ1v) is 7.34. The summed E-state index contributed by atoms with van der Waals surface area (Å²) in [5, 5.41) is 3.55. The quantitative estimate of drug-likeness (QED) is 0.798. The molecule has 0 aromatic heterocycles. The summed E-state index contributed by atoms with van der Waals surface area (Å²) in [6.45, 7) is 5.50. The number of nitrogens with one attached hydrogen (secondary N) is 1. The van der Waals surface area contributed by atoms with Crippen LogP contribution >= 0.6 is 0 Å². The fourth-order valence-corrected chi connectivity index (χ4v) is 3.31. The molecule has 2 heterocycles. The zero-order chi connectivity index (χ0) is 13.0. The zero-order valence-corrected chi connectivity index (χ0v) is 12.2. The standard InChI is InChI=1S/C14H29N3O/c1-15-14(12-4-8-18-9-5-12)10-13-11-16(2)6-7-17(13)3/h12-15H,4-11H2,1-3H3. The van der Waals surface area contributed by atoms with Crippen molar-refractivity contribution < 1.29 is 4.74 Å². The van der Waals surface area contributed by atoms with Crippen molar-refractivity contribution in [2.24, 2.45) is 5.92 Å². The molecule has 18 heavy (non-hydrogen) atoms. The summed E-state index contributed by atoms with van der Waals surface area (Å²) in [6, 6.07) is 1.34. The van der Waals surface area contributed by atoms with Gasteiger partial charge in [0.15, 0.2) is 0 Å². The van der Waals surface area contributed by atoms with Crippen LogP contribution in [-0.2, 0) is 4.74 Å². The van der Waals surface area contributed by atoms with Gasteiger partial charge in [-0.15, -0.1) is 0 Å². The van der Waals surface area contributed by atoms with E-state index in [1.807, 2.05) is 0 Å². The highest BCUT2D eigenvalue weighted by Crippen LogP contribution is 2.23. The Morgan fingerprint density at radius 1 is 1.22 bits per heavy atom. The number of likely N-dealkylation sites (N-methyl/N-ethyl adjacent to an activating group) is 2. The van der Waals surface area contributed by atoms with Gasteiger partial charge in [-0.3, -0.25) is 0 Å². The zero-order valence-electron chi connectivity index (χ0n) is 12.2. The van der Waals surface area contributed by atoms with E-state index < -0.39 is 0 Å². The molecule has 0 amide bonds. The first kappa shape index (κ1) is 14.3. The summed E-state index contributed by atoms with van der Waals surface area (Å²) >= 11 is 0. The van der Waals surface area contributed by atoms with Crippen LogP contribution in [-0.4, -0.2) is 75.9 Å². The predicted molar refractivity (Wildman–Crippen MR) is 74.9 cm³/mol. The predicted octanol–water partition coefficient (Wildman–Crippen LogP) is 0.637. The van der Waals surface area contributed by atoms with Crippen LogP contribution in [0.2, 0.25) is 0 Å². The average molecular weight is 255 g/mol. The van der Waals surface area contributed by atoms with E-state index in [4.69, 9.17) is 4.74 Å². The van der Waals surface area contributed by atoms with Crippen molar-refractivity contribution >= 4 is 0 Å². The first-order chi connectivity index (χ1) is 8.70. The third kappa shape index (κ3) is 3.67. The molecular formula is C14H29N3O. The number of piperazine rings is 1. The van der Waals surface area contributed by atoms with Crippen LogP contribution in [0.1, 0.15) is 19.3 Å². The molecule has 2 atom stereocenters. The topological polar surface area (TPSA) is 27.7 Å². The van der Waals surface area contributed by atoms with Gasteiger partial charge in [-0.25, -0.2) is 0 Å². The average Bonchev–Trinajstić information content (AvgIpc) is 2.41. The molecule has 2 aliphatic heterocycles. The van der Waals surface area contributed by atoms with Crippen molar-refractivity contribution in [3.05, 3.63) is 0 Å². The Labute approximate surface area is 112 Å². The molecule has 0 saturated carbocycles. The van der Waals surface area contributed by atoms with Crippen molar-refractivity contribution in [1.82, 2.24) is 15.1 Å². The molecule has 0 aromatic carbocycles. The van der Waals surface area contributed by atoms with Gasteiger partial charge in [0.05, 0.1) is 0 Å². The lowest BCUT2D eigenvalue weighted by molar-refractivity contribution is 0.0419. The summed E-state index contributed by atoms with van der Waals surface area (Å²) in [7, 11) is 6.63. The lowest BCUT2D eigenvalue weighted by Gasteiger charge is -2.41. The SMILES string of the molecule is CNC(CC1CN(C)CCN1C)C1CCOCC1. The Morgan fingerprint density at radius 3 is 2.61 bits per heavy atom. The van der Waals surface area contributed by atoms with E-state index in [0.717, 1.165) is 19.1 Å². The molecule has 2 aliphatic rings. The molecule has 0 spiro atoms. The van der Waals surface area contributed by atoms with Crippen LogP contribution in [0.5, 0.6) is 0 Å². The Bertz CT molecular complexity index is 243. The molecule has 2 rings (SSSR count). The van der Waals surface area contributed by atoms with Crippen LogP contribution in [0.25, 0.3) is 0 Å². The lowest BCUT2D eigenvalue weighted by Crippen LogP contribution is -2.53. The number of nitrogens with zero attached hydrogens (tertiary/aromatic N) is 2. The maximum atomic E-state index is 5.48. The molecule has 2 fully saturated rings. The molecule has 0 aromatic rings. The van der Waals surface area contributed by atoms with E-state index >= 15 is 0 Å². The molecule has 0 bridgehead atoms. The third-order valence-electron chi connectivity index (χ3n) is 4.71. The van der Waals surface area contributed by atoms with Gasteiger partial charge >= 0.3 is 0 Å². The van der Waals surface area contributed by atoms with E-state index in [1.54, 1.807) is 0 Å². The number of rotatable bonds is 4. The minimum Gasteiger partial charge on any atom is -0.381 e. The Kier molecular flexibility index (Phi) is 5.42. The number of ether oxygens (including phenoxy) is 1. The Morgan fingerprint density at radius 2 is 1.94 bits per heavy atom. The lowest BCUT2D eigenvalue weighted by atomic mass is 9.87. The second-order valence-corrected chi connectivity index (χ2v) is 5.98. The monoisotopic (exact) mass is 255 g/mol. The van der Waals surface area contributed by atoms with E-state index in [9.17, 15) is 0 Å². The van der Waals surface area contributed by atoms with Crippen LogP contribution in [0.15, 0.2) is 0 Å². The maximum Gasteiger partial charge on any atom is 0.0469 e. The van der Waals surface area contributed by atoms with Crippen LogP contribution in [0, 0.1) is 5.92 Å². The second-order valence-electron chi connectivity index (χ2n) is 5.98. The molecule has 0 radical (unpaired) electrons. The van der Waals surface area contributed by atoms with Gasteiger partial charge < -0.3 is 19.9 Å². The van der Waals surface area contributed by atoms with E-state index in [-0.39, 0.29) is 0 Å². The number of hydrogen-bond donors (Lipinski definition) is 1. The van der Waals surface area contributed by atoms with E-state index in [1.165, 1.54) is 38.9 Å². The van der Waals surface area contributed by atoms with Gasteiger partial charge in [-0.1, -0.05) is 0 Å². The molecule has 1 N–H and O–H groups in total. The minimum atomic E-state index is 0.646. The van der Waals surface area contributed by atoms with Crippen molar-refractivity contribution in [3.8, 4) is 0 Å². The van der Waals surface area contributed by atoms with Crippen LogP contribution in [0.4, 0.5) is 0 Å². The Balaban J connectivity index is 1.87. The van der Waals surface area contributed by atoms with Crippen LogP contribution < -0.4 is 5.32 Å². The minimum absolute atomic E-state index is 0.646. The van der Waals surface area contributed by atoms with Crippen molar-refractivity contribution in [1.29, 1.82) is 0 Å². The van der Waals surface area contributed by atoms with Gasteiger partial charge in [-0.2, -0.15) is 0 Å². The summed E-state index contributed by atoms with van der Waals surface area (Å²) < 4.78 is 5.48. The molecule has 106 valence electrons. The highest BCUT2D eigenvalue weighted by Gasteiger charge is 2.29. The van der Waals surface area contributed by atoms with Crippen molar-refractivity contribution in [2.45, 2.75) is 31.3 Å². The summed E-state index contributed by atoms with van der Waals surface area (Å²) in [5.41, 5.74) is 0. The van der Waals surface area contributed by atoms with Crippen molar-refractivity contribution in [3.63, 3.8) is 0 Å². The van der Waals surface area contributed by atoms with E-state index in [2.05, 4.69) is 36.3 Å². The fourth-order valence-electron chi connectivity index (χ4n) is 3.31. The smallest absolute Gasteiger partial charge is 0.0469 e. The van der Waals surface area contributed by atoms with Gasteiger partial charge in [0, 0.05) is 44.9 Å². The van der Waals surface area contributed by atoms with Gasteiger partial charge in [0.2, 0.25) is 0 Å². The molecule has 2 saturated heterocycles. The third-order valence-corrected chi connectivity index (χ3v) is 4.71. The van der Waals surface area contributed by atoms with E-state index in [0.29, 0.717) is 12.1 Å². The summed E-state index contributed by atoms with van der Waals surface area (Å²) in [4.78, 5) is 4.99. The van der Waals surface area contributed by atoms with Gasteiger partial charge in [0.1, 0.15) is 0 Å². The fraction of sp³-hybridized carbons (Fsp3) is 1.00. The second kappa shape index (κ2) is 6.85. The Hall–Kier alpha value is -0.160. The highest BCUT2D eigenvalue weighted by molar-refractivity contribution is 4.86. The van der Waals surface area contributed by atoms with Crippen molar-refractivity contribution in [2.75, 3.05) is 54.0 Å². The first-order valence-electron chi connectivity index (χ1n) is 7.34. The maximum absolute atomic E-state index is 5.48. The molecule has 4 nitrogen and oxygen atoms in total. The van der Waals surface area contributed by atoms with Gasteiger partial charge in [-0.05, 0) is 46.3 Å². The summed E-state index contributed by atoms with van der Waals surface area (Å²) in [5.74, 6) is 0.796. The molecule has 2 unspecified atom stereocenters. The summed E-state index contributed by atoms with van der Waals surface area (Å²) in [6.07, 6.45) is 3.71. The normalized spacial score (nSPS) is 30.5. The number of hydrogen-bond acceptors (Lipinski definition) is 4. The van der Waals surface area contributed by atoms with Gasteiger partial charge in [0.25, 0.3) is 0 Å². The molecular weight excluding hydrogens is 226 g/mol. The largest absolute Gasteiger partial charge is 0.381 e. The molecule has 4 heteroatoms. The van der Waals surface area contributed by atoms with Crippen LogP contribution in [0.3, 0.4) is 0 Å². The highest BCUT2D eigenvalue weighted by atomic mass is 16.5.